The molecule has 0 aliphatic heterocycles. The molecule has 1 N–H and O–H groups in total. The number of aryl methyl sites for hydroxylation is 2. The van der Waals surface area contributed by atoms with Gasteiger partial charge in [-0.2, -0.15) is 18.3 Å². The molecule has 0 unspecified atom stereocenters. The first-order valence-electron chi connectivity index (χ1n) is 12.0. The van der Waals surface area contributed by atoms with Gasteiger partial charge in [-0.25, -0.2) is 9.07 Å². The molecule has 4 aromatic rings. The number of rotatable bonds is 5. The van der Waals surface area contributed by atoms with Crippen LogP contribution in [0.25, 0.3) is 21.9 Å². The second-order valence-electron chi connectivity index (χ2n) is 10.0. The van der Waals surface area contributed by atoms with Crippen LogP contribution in [0.4, 0.5) is 23.4 Å². The third-order valence-corrected chi connectivity index (χ3v) is 7.13. The van der Waals surface area contributed by atoms with Crippen LogP contribution in [0.1, 0.15) is 49.6 Å². The molecule has 1 aliphatic rings. The maximum Gasteiger partial charge on any atom is 0.419 e. The molecule has 3 aromatic heterocycles. The molecule has 198 valence electrons. The summed E-state index contributed by atoms with van der Waals surface area (Å²) in [6, 6.07) is 5.58. The fourth-order valence-electron chi connectivity index (χ4n) is 4.63. The summed E-state index contributed by atoms with van der Waals surface area (Å²) in [6.45, 7) is 5.23. The summed E-state index contributed by atoms with van der Waals surface area (Å²) in [5, 5.41) is 7.69. The van der Waals surface area contributed by atoms with Gasteiger partial charge in [0, 0.05) is 47.2 Å². The van der Waals surface area contributed by atoms with Gasteiger partial charge in [-0.15, -0.1) is 0 Å². The quantitative estimate of drug-likeness (QED) is 0.356. The van der Waals surface area contributed by atoms with Crippen molar-refractivity contribution in [3.05, 3.63) is 86.1 Å². The smallest absolute Gasteiger partial charge is 0.361 e. The molecule has 1 aromatic carbocycles. The Kier molecular flexibility index (Phi) is 5.92. The van der Waals surface area contributed by atoms with E-state index in [9.17, 15) is 27.2 Å². The number of nitrogens with one attached hydrogen (secondary N) is 1. The highest BCUT2D eigenvalue weighted by molar-refractivity contribution is 6.00. The fourth-order valence-corrected chi connectivity index (χ4v) is 4.63. The molecule has 1 atom stereocenters. The van der Waals surface area contributed by atoms with Gasteiger partial charge in [0.05, 0.1) is 22.6 Å². The summed E-state index contributed by atoms with van der Waals surface area (Å²) in [5.74, 6) is -1.26. The van der Waals surface area contributed by atoms with Gasteiger partial charge in [0.1, 0.15) is 5.82 Å². The molecule has 0 bridgehead atoms. The van der Waals surface area contributed by atoms with E-state index in [2.05, 4.69) is 15.4 Å². The van der Waals surface area contributed by atoms with Gasteiger partial charge in [-0.3, -0.25) is 14.6 Å². The van der Waals surface area contributed by atoms with E-state index in [1.54, 1.807) is 29.8 Å². The topological polar surface area (TPSA) is 81.8 Å². The van der Waals surface area contributed by atoms with Gasteiger partial charge in [0.25, 0.3) is 11.1 Å². The zero-order valence-electron chi connectivity index (χ0n) is 21.2. The number of alkyl halides is 3. The SMILES string of the molecule is Cc1ccc(-c2c(=O)n(C3(C)CC3)cc3c(N[C@H](C)c4cccc(C(F)(F)F)c4F)nn(C)c(=O)c23)cn1. The predicted octanol–water partition coefficient (Wildman–Crippen LogP) is 5.31. The highest BCUT2D eigenvalue weighted by Crippen LogP contribution is 2.43. The molecule has 3 heterocycles. The number of hydrogen-bond acceptors (Lipinski definition) is 5. The van der Waals surface area contributed by atoms with Crippen LogP contribution >= 0.6 is 0 Å². The van der Waals surface area contributed by atoms with Crippen molar-refractivity contribution in [1.29, 1.82) is 0 Å². The molecule has 1 aliphatic carbocycles. The normalized spacial score (nSPS) is 15.5. The first kappa shape index (κ1) is 25.6. The van der Waals surface area contributed by atoms with Crippen molar-refractivity contribution in [3.63, 3.8) is 0 Å². The van der Waals surface area contributed by atoms with Gasteiger partial charge in [0.2, 0.25) is 0 Å². The van der Waals surface area contributed by atoms with Gasteiger partial charge in [-0.05, 0) is 45.7 Å². The molecule has 11 heteroatoms. The summed E-state index contributed by atoms with van der Waals surface area (Å²) < 4.78 is 57.4. The van der Waals surface area contributed by atoms with Crippen molar-refractivity contribution in [2.75, 3.05) is 5.32 Å². The molecular weight excluding hydrogens is 502 g/mol. The Hall–Kier alpha value is -4.02. The van der Waals surface area contributed by atoms with E-state index in [4.69, 9.17) is 0 Å². The summed E-state index contributed by atoms with van der Waals surface area (Å²) in [7, 11) is 1.41. The molecule has 0 radical (unpaired) electrons. The lowest BCUT2D eigenvalue weighted by atomic mass is 10.0. The van der Waals surface area contributed by atoms with Crippen LogP contribution in [0, 0.1) is 12.7 Å². The number of anilines is 1. The zero-order valence-corrected chi connectivity index (χ0v) is 21.2. The molecule has 1 saturated carbocycles. The van der Waals surface area contributed by atoms with E-state index in [0.29, 0.717) is 17.0 Å². The van der Waals surface area contributed by atoms with E-state index < -0.39 is 34.7 Å². The largest absolute Gasteiger partial charge is 0.419 e. The number of aromatic nitrogens is 4. The highest BCUT2D eigenvalue weighted by Gasteiger charge is 2.41. The summed E-state index contributed by atoms with van der Waals surface area (Å²) in [4.78, 5) is 31.4. The third kappa shape index (κ3) is 4.25. The van der Waals surface area contributed by atoms with Crippen molar-refractivity contribution < 1.29 is 17.6 Å². The Morgan fingerprint density at radius 1 is 1.11 bits per heavy atom. The zero-order chi connectivity index (χ0) is 27.6. The lowest BCUT2D eigenvalue weighted by Gasteiger charge is -2.22. The maximum atomic E-state index is 14.9. The van der Waals surface area contributed by atoms with Crippen molar-refractivity contribution in [3.8, 4) is 11.1 Å². The van der Waals surface area contributed by atoms with E-state index >= 15 is 0 Å². The van der Waals surface area contributed by atoms with Crippen LogP contribution in [-0.2, 0) is 18.8 Å². The maximum absolute atomic E-state index is 14.9. The number of hydrogen-bond donors (Lipinski definition) is 1. The van der Waals surface area contributed by atoms with Crippen LogP contribution in [0.5, 0.6) is 0 Å². The number of halogens is 4. The van der Waals surface area contributed by atoms with Crippen molar-refractivity contribution in [1.82, 2.24) is 19.3 Å². The number of pyridine rings is 2. The molecule has 0 amide bonds. The number of benzene rings is 1. The Bertz CT molecular complexity index is 1690. The fraction of sp³-hybridized carbons (Fsp3) is 0.333. The second-order valence-corrected chi connectivity index (χ2v) is 10.0. The summed E-state index contributed by atoms with van der Waals surface area (Å²) in [5.41, 5.74) is -1.56. The van der Waals surface area contributed by atoms with E-state index in [-0.39, 0.29) is 27.9 Å². The van der Waals surface area contributed by atoms with Gasteiger partial charge >= 0.3 is 6.18 Å². The van der Waals surface area contributed by atoms with Crippen LogP contribution in [0.15, 0.2) is 52.3 Å². The minimum Gasteiger partial charge on any atom is -0.361 e. The first-order valence-corrected chi connectivity index (χ1v) is 12.0. The van der Waals surface area contributed by atoms with Crippen LogP contribution in [0.3, 0.4) is 0 Å². The Balaban J connectivity index is 1.75. The van der Waals surface area contributed by atoms with Crippen LogP contribution in [-0.4, -0.2) is 19.3 Å². The predicted molar refractivity (Wildman–Crippen MR) is 136 cm³/mol. The lowest BCUT2D eigenvalue weighted by molar-refractivity contribution is -0.140. The molecule has 5 rings (SSSR count). The molecular formula is C27H25F4N5O2. The molecule has 1 fully saturated rings. The van der Waals surface area contributed by atoms with E-state index in [0.717, 1.165) is 29.3 Å². The molecule has 38 heavy (non-hydrogen) atoms. The summed E-state index contributed by atoms with van der Waals surface area (Å²) >= 11 is 0. The number of nitrogens with zero attached hydrogens (tertiary/aromatic N) is 4. The standard InChI is InChI=1S/C27H25F4N5O2/c1-14-8-9-16(12-32-14)20-21-18(13-36(25(20)38)26(3)10-11-26)23(34-35(4)24(21)37)33-15(2)17-6-5-7-19(22(17)28)27(29,30)31/h5-9,12-13,15H,10-11H2,1-4H3,(H,33,34)/t15-/m1/s1. The Morgan fingerprint density at radius 3 is 2.42 bits per heavy atom. The molecule has 7 nitrogen and oxygen atoms in total. The van der Waals surface area contributed by atoms with Crippen molar-refractivity contribution in [2.24, 2.45) is 7.05 Å². The van der Waals surface area contributed by atoms with Crippen molar-refractivity contribution >= 4 is 16.6 Å². The average Bonchev–Trinajstić information content (AvgIpc) is 3.60. The second kappa shape index (κ2) is 8.78. The Morgan fingerprint density at radius 2 is 1.82 bits per heavy atom. The van der Waals surface area contributed by atoms with Gasteiger partial charge in [0.15, 0.2) is 5.82 Å². The lowest BCUT2D eigenvalue weighted by Crippen LogP contribution is -2.32. The highest BCUT2D eigenvalue weighted by atomic mass is 19.4. The minimum atomic E-state index is -4.85. The van der Waals surface area contributed by atoms with Crippen LogP contribution in [0.2, 0.25) is 0 Å². The Labute approximate surface area is 214 Å². The first-order chi connectivity index (χ1) is 17.8. The molecule has 0 spiro atoms. The van der Waals surface area contributed by atoms with Gasteiger partial charge in [-0.1, -0.05) is 18.2 Å². The summed E-state index contributed by atoms with van der Waals surface area (Å²) in [6.07, 6.45) is -0.248. The van der Waals surface area contributed by atoms with E-state index in [1.165, 1.54) is 26.2 Å². The number of fused-ring (bicyclic) bond motifs is 1. The van der Waals surface area contributed by atoms with E-state index in [1.807, 2.05) is 6.92 Å². The van der Waals surface area contributed by atoms with Crippen molar-refractivity contribution in [2.45, 2.75) is 51.4 Å². The van der Waals surface area contributed by atoms with Crippen LogP contribution < -0.4 is 16.4 Å². The average molecular weight is 528 g/mol. The third-order valence-electron chi connectivity index (χ3n) is 7.13. The minimum absolute atomic E-state index is 0.0952. The monoisotopic (exact) mass is 527 g/mol. The molecule has 0 saturated heterocycles. The van der Waals surface area contributed by atoms with Gasteiger partial charge < -0.3 is 9.88 Å².